The highest BCUT2D eigenvalue weighted by molar-refractivity contribution is 7.85. The summed E-state index contributed by atoms with van der Waals surface area (Å²) in [4.78, 5) is 9.01. The van der Waals surface area contributed by atoms with Crippen LogP contribution in [-0.2, 0) is 10.8 Å². The van der Waals surface area contributed by atoms with E-state index in [4.69, 9.17) is 0 Å². The number of anilines is 2. The predicted molar refractivity (Wildman–Crippen MR) is 86.3 cm³/mol. The Labute approximate surface area is 126 Å². The maximum absolute atomic E-state index is 11.4. The summed E-state index contributed by atoms with van der Waals surface area (Å²) in [6.45, 7) is 3.03. The molecule has 2 aromatic heterocycles. The van der Waals surface area contributed by atoms with Crippen LogP contribution in [0.1, 0.15) is 26.2 Å². The molecule has 1 fully saturated rings. The van der Waals surface area contributed by atoms with Crippen LogP contribution in [-0.4, -0.2) is 42.7 Å². The van der Waals surface area contributed by atoms with Crippen molar-refractivity contribution in [3.63, 3.8) is 0 Å². The van der Waals surface area contributed by atoms with Gasteiger partial charge in [-0.05, 0) is 19.3 Å². The van der Waals surface area contributed by atoms with Crippen molar-refractivity contribution in [3.8, 4) is 0 Å². The molecular weight excluding hydrogens is 286 g/mol. The van der Waals surface area contributed by atoms with Gasteiger partial charge in [-0.3, -0.25) is 4.21 Å². The third-order valence-corrected chi connectivity index (χ3v) is 5.04. The molecule has 0 unspecified atom stereocenters. The first-order valence-electron chi connectivity index (χ1n) is 7.45. The molecule has 0 radical (unpaired) electrons. The molecule has 114 valence electrons. The summed E-state index contributed by atoms with van der Waals surface area (Å²) in [6.07, 6.45) is 8.57. The van der Waals surface area contributed by atoms with Crippen LogP contribution in [0.4, 0.5) is 11.6 Å². The highest BCUT2D eigenvalue weighted by Crippen LogP contribution is 2.20. The molecule has 6 nitrogen and oxygen atoms in total. The van der Waals surface area contributed by atoms with Crippen molar-refractivity contribution in [1.82, 2.24) is 14.4 Å². The summed E-state index contributed by atoms with van der Waals surface area (Å²) in [5, 5.41) is 6.79. The fourth-order valence-electron chi connectivity index (χ4n) is 2.50. The Hall–Kier alpha value is -1.63. The van der Waals surface area contributed by atoms with Crippen LogP contribution in [0.15, 0.2) is 18.6 Å². The van der Waals surface area contributed by atoms with Crippen molar-refractivity contribution < 1.29 is 4.21 Å². The molecule has 7 heteroatoms. The van der Waals surface area contributed by atoms with E-state index in [1.54, 1.807) is 6.20 Å². The van der Waals surface area contributed by atoms with E-state index in [9.17, 15) is 4.21 Å². The van der Waals surface area contributed by atoms with Gasteiger partial charge < -0.3 is 15.0 Å². The van der Waals surface area contributed by atoms with Gasteiger partial charge >= 0.3 is 0 Å². The Morgan fingerprint density at radius 1 is 1.43 bits per heavy atom. The zero-order chi connectivity index (χ0) is 14.7. The van der Waals surface area contributed by atoms with Crippen LogP contribution in [0.3, 0.4) is 0 Å². The van der Waals surface area contributed by atoms with Crippen LogP contribution in [0.5, 0.6) is 0 Å². The lowest BCUT2D eigenvalue weighted by Crippen LogP contribution is -2.30. The Morgan fingerprint density at radius 2 is 2.24 bits per heavy atom. The first-order valence-corrected chi connectivity index (χ1v) is 8.94. The number of imidazole rings is 1. The lowest BCUT2D eigenvalue weighted by molar-refractivity contribution is 0.622. The van der Waals surface area contributed by atoms with Crippen molar-refractivity contribution >= 4 is 28.1 Å². The third kappa shape index (κ3) is 3.34. The molecule has 3 heterocycles. The van der Waals surface area contributed by atoms with Crippen molar-refractivity contribution in [2.75, 3.05) is 28.7 Å². The van der Waals surface area contributed by atoms with Gasteiger partial charge in [-0.15, -0.1) is 0 Å². The zero-order valence-electron chi connectivity index (χ0n) is 12.2. The molecule has 0 aromatic carbocycles. The normalized spacial score (nSPS) is 22.3. The van der Waals surface area contributed by atoms with Gasteiger partial charge in [-0.25, -0.2) is 9.97 Å². The van der Waals surface area contributed by atoms with E-state index in [2.05, 4.69) is 27.5 Å². The average Bonchev–Trinajstić information content (AvgIpc) is 2.96. The molecule has 1 saturated heterocycles. The fraction of sp³-hybridized carbons (Fsp3) is 0.571. The first kappa shape index (κ1) is 14.3. The van der Waals surface area contributed by atoms with Gasteiger partial charge in [0, 0.05) is 47.3 Å². The monoisotopic (exact) mass is 307 g/mol. The molecular formula is C14H21N5OS. The second-order valence-corrected chi connectivity index (χ2v) is 7.02. The zero-order valence-corrected chi connectivity index (χ0v) is 13.0. The summed E-state index contributed by atoms with van der Waals surface area (Å²) in [7, 11) is -0.641. The molecule has 1 aliphatic rings. The molecule has 0 spiro atoms. The maximum atomic E-state index is 11.4. The van der Waals surface area contributed by atoms with Crippen LogP contribution in [0, 0.1) is 0 Å². The minimum absolute atomic E-state index is 0.331. The first-order chi connectivity index (χ1) is 10.3. The Bertz CT molecular complexity index is 631. The van der Waals surface area contributed by atoms with E-state index < -0.39 is 10.8 Å². The molecule has 0 aliphatic carbocycles. The lowest BCUT2D eigenvalue weighted by Gasteiger charge is -2.23. The van der Waals surface area contributed by atoms with E-state index in [1.807, 2.05) is 16.8 Å². The molecule has 1 aliphatic heterocycles. The topological polar surface area (TPSA) is 71.3 Å². The number of nitrogens with one attached hydrogen (secondary N) is 2. The minimum Gasteiger partial charge on any atom is -0.369 e. The molecule has 21 heavy (non-hydrogen) atoms. The van der Waals surface area contributed by atoms with Crippen LogP contribution < -0.4 is 10.6 Å². The number of rotatable bonds is 5. The van der Waals surface area contributed by atoms with Crippen molar-refractivity contribution in [2.45, 2.75) is 32.2 Å². The summed E-state index contributed by atoms with van der Waals surface area (Å²) in [5.41, 5.74) is 0.837. The van der Waals surface area contributed by atoms with Crippen molar-refractivity contribution in [2.24, 2.45) is 0 Å². The fourth-order valence-corrected chi connectivity index (χ4v) is 3.80. The Balaban J connectivity index is 1.82. The van der Waals surface area contributed by atoms with Gasteiger partial charge in [-0.2, -0.15) is 0 Å². The smallest absolute Gasteiger partial charge is 0.180 e. The van der Waals surface area contributed by atoms with Crippen molar-refractivity contribution in [1.29, 1.82) is 0 Å². The van der Waals surface area contributed by atoms with Crippen LogP contribution >= 0.6 is 0 Å². The van der Waals surface area contributed by atoms with Gasteiger partial charge in [0.1, 0.15) is 5.82 Å². The van der Waals surface area contributed by atoms with Gasteiger partial charge in [0.25, 0.3) is 0 Å². The number of nitrogens with zero attached hydrogens (tertiary/aromatic N) is 3. The number of hydrogen-bond acceptors (Lipinski definition) is 5. The number of fused-ring (bicyclic) bond motifs is 1. The highest BCUT2D eigenvalue weighted by atomic mass is 32.2. The van der Waals surface area contributed by atoms with E-state index in [0.717, 1.165) is 54.6 Å². The summed E-state index contributed by atoms with van der Waals surface area (Å²) < 4.78 is 13.4. The number of hydrogen-bond donors (Lipinski definition) is 2. The molecule has 0 saturated carbocycles. The van der Waals surface area contributed by atoms with E-state index in [0.29, 0.717) is 6.04 Å². The van der Waals surface area contributed by atoms with Crippen LogP contribution in [0.25, 0.3) is 5.65 Å². The molecule has 0 atom stereocenters. The van der Waals surface area contributed by atoms with E-state index >= 15 is 0 Å². The second kappa shape index (κ2) is 6.43. The minimum atomic E-state index is -0.641. The molecule has 3 rings (SSSR count). The van der Waals surface area contributed by atoms with Crippen molar-refractivity contribution in [3.05, 3.63) is 18.6 Å². The molecule has 0 bridgehead atoms. The van der Waals surface area contributed by atoms with Gasteiger partial charge in [-0.1, -0.05) is 6.92 Å². The predicted octanol–water partition coefficient (Wildman–Crippen LogP) is 1.87. The van der Waals surface area contributed by atoms with E-state index in [1.165, 1.54) is 0 Å². The molecule has 2 aromatic rings. The van der Waals surface area contributed by atoms with E-state index in [-0.39, 0.29) is 0 Å². The Kier molecular flexibility index (Phi) is 4.38. The van der Waals surface area contributed by atoms with Gasteiger partial charge in [0.2, 0.25) is 0 Å². The van der Waals surface area contributed by atoms with Gasteiger partial charge in [0.05, 0.1) is 6.20 Å². The third-order valence-electron chi connectivity index (χ3n) is 3.66. The molecule has 2 N–H and O–H groups in total. The average molecular weight is 307 g/mol. The second-order valence-electron chi connectivity index (χ2n) is 5.33. The summed E-state index contributed by atoms with van der Waals surface area (Å²) in [6, 6.07) is 0.331. The SMILES string of the molecule is CCCNc1cn2ccnc2c(NC2CCS(=O)CC2)n1. The van der Waals surface area contributed by atoms with Crippen LogP contribution in [0.2, 0.25) is 0 Å². The summed E-state index contributed by atoms with van der Waals surface area (Å²) in [5.74, 6) is 3.20. The lowest BCUT2D eigenvalue weighted by atomic mass is 10.1. The maximum Gasteiger partial charge on any atom is 0.180 e. The standard InChI is InChI=1S/C14H21N5OS/c1-2-5-15-12-10-19-7-6-16-14(19)13(18-12)17-11-3-8-21(20)9-4-11/h6-7,10-11,15H,2-5,8-9H2,1H3,(H,17,18). The largest absolute Gasteiger partial charge is 0.369 e. The number of aromatic nitrogens is 3. The Morgan fingerprint density at radius 3 is 3.00 bits per heavy atom. The molecule has 0 amide bonds. The summed E-state index contributed by atoms with van der Waals surface area (Å²) >= 11 is 0. The quantitative estimate of drug-likeness (QED) is 0.882. The highest BCUT2D eigenvalue weighted by Gasteiger charge is 2.19. The van der Waals surface area contributed by atoms with Gasteiger partial charge in [0.15, 0.2) is 11.5 Å².